The van der Waals surface area contributed by atoms with Crippen LogP contribution >= 0.6 is 0 Å². The maximum Gasteiger partial charge on any atom is 0.134 e. The molecule has 0 aliphatic carbocycles. The van der Waals surface area contributed by atoms with Gasteiger partial charge in [-0.25, -0.2) is 13.2 Å². The summed E-state index contributed by atoms with van der Waals surface area (Å²) in [6, 6.07) is 1.13. The van der Waals surface area contributed by atoms with Crippen molar-refractivity contribution in [1.29, 1.82) is 0 Å². The Labute approximate surface area is 80.2 Å². The highest BCUT2D eigenvalue weighted by molar-refractivity contribution is 5.22. The van der Waals surface area contributed by atoms with E-state index >= 15 is 0 Å². The fourth-order valence-electron chi connectivity index (χ4n) is 1.29. The number of aliphatic hydroxyl groups excluding tert-OH is 1. The van der Waals surface area contributed by atoms with Gasteiger partial charge in [-0.05, 0) is 6.42 Å². The SMILES string of the molecule is CCCC(O)c1c(F)cc(F)cc1F. The van der Waals surface area contributed by atoms with Gasteiger partial charge < -0.3 is 5.11 Å². The highest BCUT2D eigenvalue weighted by atomic mass is 19.1. The molecular weight excluding hydrogens is 193 g/mol. The van der Waals surface area contributed by atoms with Crippen LogP contribution in [0.15, 0.2) is 12.1 Å². The number of halogens is 3. The number of hydrogen-bond donors (Lipinski definition) is 1. The van der Waals surface area contributed by atoms with Gasteiger partial charge in [-0.1, -0.05) is 13.3 Å². The van der Waals surface area contributed by atoms with E-state index in [4.69, 9.17) is 0 Å². The van der Waals surface area contributed by atoms with E-state index < -0.39 is 29.1 Å². The first kappa shape index (κ1) is 11.0. The molecule has 1 nitrogen and oxygen atoms in total. The van der Waals surface area contributed by atoms with E-state index in [9.17, 15) is 18.3 Å². The maximum atomic E-state index is 13.0. The lowest BCUT2D eigenvalue weighted by Crippen LogP contribution is -2.04. The average Bonchev–Trinajstić information content (AvgIpc) is 2.01. The second-order valence-corrected chi connectivity index (χ2v) is 3.09. The van der Waals surface area contributed by atoms with E-state index in [2.05, 4.69) is 0 Å². The number of rotatable bonds is 3. The third kappa shape index (κ3) is 2.26. The first-order chi connectivity index (χ1) is 6.56. The Morgan fingerprint density at radius 1 is 1.21 bits per heavy atom. The molecular formula is C10H11F3O. The predicted molar refractivity (Wildman–Crippen MR) is 46.2 cm³/mol. The molecule has 1 aromatic carbocycles. The van der Waals surface area contributed by atoms with Crippen molar-refractivity contribution >= 4 is 0 Å². The van der Waals surface area contributed by atoms with Crippen molar-refractivity contribution < 1.29 is 18.3 Å². The largest absolute Gasteiger partial charge is 0.388 e. The Bertz CT molecular complexity index is 302. The Hall–Kier alpha value is -1.03. The molecule has 1 rings (SSSR count). The summed E-state index contributed by atoms with van der Waals surface area (Å²) in [5.41, 5.74) is -0.451. The second kappa shape index (κ2) is 4.46. The van der Waals surface area contributed by atoms with Gasteiger partial charge >= 0.3 is 0 Å². The van der Waals surface area contributed by atoms with Crippen molar-refractivity contribution in [2.75, 3.05) is 0 Å². The van der Waals surface area contributed by atoms with Gasteiger partial charge in [0.2, 0.25) is 0 Å². The van der Waals surface area contributed by atoms with Gasteiger partial charge in [-0.3, -0.25) is 0 Å². The molecule has 0 saturated carbocycles. The Morgan fingerprint density at radius 2 is 1.71 bits per heavy atom. The number of hydrogen-bond acceptors (Lipinski definition) is 1. The lowest BCUT2D eigenvalue weighted by Gasteiger charge is -2.11. The van der Waals surface area contributed by atoms with Crippen LogP contribution in [-0.4, -0.2) is 5.11 Å². The summed E-state index contributed by atoms with van der Waals surface area (Å²) in [4.78, 5) is 0. The Morgan fingerprint density at radius 3 is 2.14 bits per heavy atom. The zero-order valence-electron chi connectivity index (χ0n) is 7.73. The van der Waals surface area contributed by atoms with Crippen molar-refractivity contribution in [3.63, 3.8) is 0 Å². The monoisotopic (exact) mass is 204 g/mol. The van der Waals surface area contributed by atoms with Crippen LogP contribution in [0.25, 0.3) is 0 Å². The summed E-state index contributed by atoms with van der Waals surface area (Å²) in [5.74, 6) is -3.06. The molecule has 0 amide bonds. The first-order valence-electron chi connectivity index (χ1n) is 4.38. The van der Waals surface area contributed by atoms with Crippen molar-refractivity contribution in [2.45, 2.75) is 25.9 Å². The Balaban J connectivity index is 3.07. The minimum Gasteiger partial charge on any atom is -0.388 e. The van der Waals surface area contributed by atoms with Gasteiger partial charge in [0.25, 0.3) is 0 Å². The van der Waals surface area contributed by atoms with E-state index in [1.54, 1.807) is 6.92 Å². The molecule has 14 heavy (non-hydrogen) atoms. The molecule has 0 aromatic heterocycles. The molecule has 0 aliphatic heterocycles. The van der Waals surface area contributed by atoms with Crippen LogP contribution in [0.1, 0.15) is 31.4 Å². The quantitative estimate of drug-likeness (QED) is 0.802. The van der Waals surface area contributed by atoms with E-state index in [1.165, 1.54) is 0 Å². The molecule has 0 heterocycles. The van der Waals surface area contributed by atoms with E-state index in [0.29, 0.717) is 18.6 Å². The summed E-state index contributed by atoms with van der Waals surface area (Å²) in [6.07, 6.45) is -0.364. The standard InChI is InChI=1S/C10H11F3O/c1-2-3-9(14)10-7(12)4-6(11)5-8(10)13/h4-5,9,14H,2-3H2,1H3. The van der Waals surface area contributed by atoms with E-state index in [1.807, 2.05) is 0 Å². The van der Waals surface area contributed by atoms with Crippen LogP contribution in [-0.2, 0) is 0 Å². The van der Waals surface area contributed by atoms with Gasteiger partial charge in [0.1, 0.15) is 17.5 Å². The molecule has 4 heteroatoms. The molecule has 1 aromatic rings. The Kier molecular flexibility index (Phi) is 3.52. The highest BCUT2D eigenvalue weighted by Gasteiger charge is 2.18. The van der Waals surface area contributed by atoms with Gasteiger partial charge in [0, 0.05) is 12.1 Å². The van der Waals surface area contributed by atoms with Crippen LogP contribution in [0, 0.1) is 17.5 Å². The summed E-state index contributed by atoms with van der Waals surface area (Å²) < 4.78 is 38.6. The van der Waals surface area contributed by atoms with Crippen LogP contribution in [0.3, 0.4) is 0 Å². The third-order valence-electron chi connectivity index (χ3n) is 1.94. The second-order valence-electron chi connectivity index (χ2n) is 3.09. The third-order valence-corrected chi connectivity index (χ3v) is 1.94. The van der Waals surface area contributed by atoms with Gasteiger partial charge in [-0.2, -0.15) is 0 Å². The van der Waals surface area contributed by atoms with Crippen LogP contribution < -0.4 is 0 Å². The molecule has 1 unspecified atom stereocenters. The molecule has 0 spiro atoms. The van der Waals surface area contributed by atoms with Crippen LogP contribution in [0.2, 0.25) is 0 Å². The lowest BCUT2D eigenvalue weighted by molar-refractivity contribution is 0.156. The molecule has 0 aliphatic rings. The highest BCUT2D eigenvalue weighted by Crippen LogP contribution is 2.24. The van der Waals surface area contributed by atoms with Gasteiger partial charge in [0.05, 0.1) is 11.7 Å². The molecule has 1 N–H and O–H groups in total. The maximum absolute atomic E-state index is 13.0. The lowest BCUT2D eigenvalue weighted by atomic mass is 10.0. The topological polar surface area (TPSA) is 20.2 Å². The van der Waals surface area contributed by atoms with Crippen molar-refractivity contribution in [2.24, 2.45) is 0 Å². The average molecular weight is 204 g/mol. The van der Waals surface area contributed by atoms with Crippen molar-refractivity contribution in [1.82, 2.24) is 0 Å². The normalized spacial score (nSPS) is 12.9. The zero-order chi connectivity index (χ0) is 10.7. The summed E-state index contributed by atoms with van der Waals surface area (Å²) in [5, 5.41) is 9.37. The first-order valence-corrected chi connectivity index (χ1v) is 4.38. The zero-order valence-corrected chi connectivity index (χ0v) is 7.73. The van der Waals surface area contributed by atoms with E-state index in [0.717, 1.165) is 0 Å². The molecule has 0 bridgehead atoms. The molecule has 1 atom stereocenters. The minimum atomic E-state index is -1.21. The molecule has 0 fully saturated rings. The predicted octanol–water partition coefficient (Wildman–Crippen LogP) is 2.94. The molecule has 78 valence electrons. The smallest absolute Gasteiger partial charge is 0.134 e. The summed E-state index contributed by atoms with van der Waals surface area (Å²) >= 11 is 0. The van der Waals surface area contributed by atoms with Gasteiger partial charge in [-0.15, -0.1) is 0 Å². The van der Waals surface area contributed by atoms with Gasteiger partial charge in [0.15, 0.2) is 0 Å². The van der Waals surface area contributed by atoms with Crippen molar-refractivity contribution in [3.05, 3.63) is 35.1 Å². The number of aliphatic hydroxyl groups is 1. The van der Waals surface area contributed by atoms with Crippen molar-refractivity contribution in [3.8, 4) is 0 Å². The summed E-state index contributed by atoms with van der Waals surface area (Å²) in [7, 11) is 0. The fourth-order valence-corrected chi connectivity index (χ4v) is 1.29. The summed E-state index contributed by atoms with van der Waals surface area (Å²) in [6.45, 7) is 1.78. The van der Waals surface area contributed by atoms with Crippen LogP contribution in [0.5, 0.6) is 0 Å². The van der Waals surface area contributed by atoms with Crippen LogP contribution in [0.4, 0.5) is 13.2 Å². The number of benzene rings is 1. The molecule has 0 saturated heterocycles. The molecule has 0 radical (unpaired) electrons. The fraction of sp³-hybridized carbons (Fsp3) is 0.400. The van der Waals surface area contributed by atoms with E-state index in [-0.39, 0.29) is 6.42 Å². The minimum absolute atomic E-state index is 0.249.